The van der Waals surface area contributed by atoms with Crippen molar-refractivity contribution in [1.82, 2.24) is 14.7 Å². The molecule has 1 amide bonds. The van der Waals surface area contributed by atoms with Crippen LogP contribution in [0.25, 0.3) is 5.65 Å². The highest BCUT2D eigenvalue weighted by molar-refractivity contribution is 5.95. The smallest absolute Gasteiger partial charge is 0.270 e. The first-order chi connectivity index (χ1) is 10.1. The average molecular weight is 291 g/mol. The molecule has 2 rings (SSSR count). The maximum absolute atomic E-state index is 12.3. The number of aryl methyl sites for hydroxylation is 1. The molecule has 114 valence electrons. The van der Waals surface area contributed by atoms with Gasteiger partial charge in [0.05, 0.1) is 18.4 Å². The molecule has 2 N–H and O–H groups in total. The maximum atomic E-state index is 12.3. The van der Waals surface area contributed by atoms with Gasteiger partial charge in [0.25, 0.3) is 5.91 Å². The topological polar surface area (TPSA) is 75.9 Å². The number of pyridine rings is 1. The lowest BCUT2D eigenvalue weighted by Gasteiger charge is -2.09. The molecule has 0 radical (unpaired) electrons. The summed E-state index contributed by atoms with van der Waals surface area (Å²) in [5.74, 6) is 0.415. The van der Waals surface area contributed by atoms with E-state index >= 15 is 0 Å². The third-order valence-corrected chi connectivity index (χ3v) is 3.09. The highest BCUT2D eigenvalue weighted by Gasteiger charge is 2.20. The van der Waals surface area contributed by atoms with E-state index in [-0.39, 0.29) is 12.5 Å². The van der Waals surface area contributed by atoms with Crippen LogP contribution in [-0.2, 0) is 6.42 Å². The Labute approximate surface area is 123 Å². The molecule has 0 bridgehead atoms. The molecule has 6 nitrogen and oxygen atoms in total. The second-order valence-corrected chi connectivity index (χ2v) is 4.82. The number of carbonyl (C=O) groups excluding carboxylic acids is 1. The van der Waals surface area contributed by atoms with Gasteiger partial charge in [-0.15, -0.1) is 0 Å². The number of carbonyl (C=O) groups is 1. The number of nitrogens with zero attached hydrogens (tertiary/aromatic N) is 2. The quantitative estimate of drug-likeness (QED) is 0.843. The summed E-state index contributed by atoms with van der Waals surface area (Å²) in [4.78, 5) is 16.9. The fourth-order valence-corrected chi connectivity index (χ4v) is 2.17. The van der Waals surface area contributed by atoms with Gasteiger partial charge in [-0.3, -0.25) is 9.20 Å². The van der Waals surface area contributed by atoms with Crippen molar-refractivity contribution in [2.24, 2.45) is 0 Å². The third kappa shape index (κ3) is 3.16. The minimum Gasteiger partial charge on any atom is -0.490 e. The van der Waals surface area contributed by atoms with Crippen LogP contribution < -0.4 is 10.1 Å². The summed E-state index contributed by atoms with van der Waals surface area (Å²) in [7, 11) is 0. The number of aliphatic hydroxyl groups is 1. The molecular formula is C15H21N3O3. The summed E-state index contributed by atoms with van der Waals surface area (Å²) < 4.78 is 7.29. The molecule has 0 spiro atoms. The normalized spacial score (nSPS) is 12.4. The highest BCUT2D eigenvalue weighted by Crippen LogP contribution is 2.22. The first-order valence-electron chi connectivity index (χ1n) is 7.17. The minimum atomic E-state index is -0.586. The monoisotopic (exact) mass is 291 g/mol. The van der Waals surface area contributed by atoms with Gasteiger partial charge >= 0.3 is 0 Å². The summed E-state index contributed by atoms with van der Waals surface area (Å²) in [6, 6.07) is 3.66. The summed E-state index contributed by atoms with van der Waals surface area (Å²) in [6.45, 7) is 6.23. The molecule has 1 atom stereocenters. The van der Waals surface area contributed by atoms with Crippen LogP contribution in [0, 0.1) is 0 Å². The van der Waals surface area contributed by atoms with E-state index < -0.39 is 6.10 Å². The minimum absolute atomic E-state index is 0.209. The molecule has 0 saturated carbocycles. The zero-order valence-electron chi connectivity index (χ0n) is 12.6. The van der Waals surface area contributed by atoms with Gasteiger partial charge in [-0.25, -0.2) is 4.98 Å². The molecular weight excluding hydrogens is 270 g/mol. The Morgan fingerprint density at radius 3 is 2.90 bits per heavy atom. The second kappa shape index (κ2) is 6.58. The van der Waals surface area contributed by atoms with Crippen molar-refractivity contribution in [3.8, 4) is 5.75 Å². The number of hydrogen-bond donors (Lipinski definition) is 2. The van der Waals surface area contributed by atoms with Crippen LogP contribution in [0.3, 0.4) is 0 Å². The predicted octanol–water partition coefficient (Wildman–Crippen LogP) is 1.41. The average Bonchev–Trinajstić information content (AvgIpc) is 2.84. The van der Waals surface area contributed by atoms with Gasteiger partial charge in [-0.2, -0.15) is 0 Å². The number of aliphatic hydroxyl groups excluding tert-OH is 1. The molecule has 0 aliphatic rings. The van der Waals surface area contributed by atoms with E-state index in [1.165, 1.54) is 0 Å². The highest BCUT2D eigenvalue weighted by atomic mass is 16.5. The maximum Gasteiger partial charge on any atom is 0.270 e. The molecule has 2 heterocycles. The lowest BCUT2D eigenvalue weighted by molar-refractivity contribution is 0.0917. The summed E-state index contributed by atoms with van der Waals surface area (Å²) in [5.41, 5.74) is 1.85. The summed E-state index contributed by atoms with van der Waals surface area (Å²) in [6.07, 6.45) is 1.85. The molecule has 21 heavy (non-hydrogen) atoms. The number of imidazole rings is 1. The lowest BCUT2D eigenvalue weighted by Crippen LogP contribution is -2.32. The predicted molar refractivity (Wildman–Crippen MR) is 79.8 cm³/mol. The Hall–Kier alpha value is -2.08. The van der Waals surface area contributed by atoms with Crippen molar-refractivity contribution < 1.29 is 14.6 Å². The number of amides is 1. The van der Waals surface area contributed by atoms with E-state index in [9.17, 15) is 9.90 Å². The van der Waals surface area contributed by atoms with Crippen molar-refractivity contribution in [3.63, 3.8) is 0 Å². The van der Waals surface area contributed by atoms with Crippen LogP contribution in [0.1, 0.15) is 37.0 Å². The Balaban J connectivity index is 2.46. The lowest BCUT2D eigenvalue weighted by atomic mass is 10.2. The molecule has 0 saturated heterocycles. The van der Waals surface area contributed by atoms with Crippen molar-refractivity contribution in [2.75, 3.05) is 13.2 Å². The van der Waals surface area contributed by atoms with Crippen LogP contribution in [0.5, 0.6) is 5.75 Å². The Morgan fingerprint density at radius 1 is 1.52 bits per heavy atom. The number of fused-ring (bicyclic) bond motifs is 1. The van der Waals surface area contributed by atoms with Crippen molar-refractivity contribution in [3.05, 3.63) is 29.7 Å². The zero-order valence-corrected chi connectivity index (χ0v) is 12.6. The van der Waals surface area contributed by atoms with E-state index in [0.29, 0.717) is 35.8 Å². The Kier molecular flexibility index (Phi) is 4.80. The Morgan fingerprint density at radius 2 is 2.29 bits per heavy atom. The van der Waals surface area contributed by atoms with Crippen molar-refractivity contribution in [2.45, 2.75) is 33.3 Å². The summed E-state index contributed by atoms with van der Waals surface area (Å²) >= 11 is 0. The fourth-order valence-electron chi connectivity index (χ4n) is 2.17. The van der Waals surface area contributed by atoms with Gasteiger partial charge in [-0.1, -0.05) is 6.92 Å². The molecule has 0 fully saturated rings. The van der Waals surface area contributed by atoms with Crippen LogP contribution >= 0.6 is 0 Å². The Bertz CT molecular complexity index is 634. The van der Waals surface area contributed by atoms with Gasteiger partial charge < -0.3 is 15.2 Å². The van der Waals surface area contributed by atoms with Crippen LogP contribution in [0.2, 0.25) is 0 Å². The van der Waals surface area contributed by atoms with Crippen molar-refractivity contribution >= 4 is 11.6 Å². The molecule has 6 heteroatoms. The van der Waals surface area contributed by atoms with Crippen molar-refractivity contribution in [1.29, 1.82) is 0 Å². The zero-order chi connectivity index (χ0) is 15.4. The number of hydrogen-bond acceptors (Lipinski definition) is 4. The number of rotatable bonds is 6. The molecule has 1 unspecified atom stereocenters. The van der Waals surface area contributed by atoms with Crippen LogP contribution in [0.4, 0.5) is 0 Å². The molecule has 0 aliphatic carbocycles. The SMILES string of the molecule is CCOc1cccn2c(C(=O)NCC(C)O)c(CC)nc12. The van der Waals surface area contributed by atoms with E-state index in [1.54, 1.807) is 17.5 Å². The first-order valence-corrected chi connectivity index (χ1v) is 7.17. The van der Waals surface area contributed by atoms with E-state index in [0.717, 1.165) is 0 Å². The first kappa shape index (κ1) is 15.3. The van der Waals surface area contributed by atoms with Gasteiger partial charge in [0.1, 0.15) is 5.69 Å². The molecule has 0 aliphatic heterocycles. The molecule has 2 aromatic heterocycles. The van der Waals surface area contributed by atoms with E-state index in [4.69, 9.17) is 4.74 Å². The standard InChI is InChI=1S/C15H21N3O3/c1-4-11-13(15(20)16-9-10(3)19)18-8-6-7-12(21-5-2)14(18)17-11/h6-8,10,19H,4-5,9H2,1-3H3,(H,16,20). The van der Waals surface area contributed by atoms with E-state index in [1.807, 2.05) is 26.0 Å². The number of nitrogens with one attached hydrogen (secondary N) is 1. The molecule has 2 aromatic rings. The molecule has 0 aromatic carbocycles. The van der Waals surface area contributed by atoms with Gasteiger partial charge in [0.2, 0.25) is 0 Å². The fraction of sp³-hybridized carbons (Fsp3) is 0.467. The largest absolute Gasteiger partial charge is 0.490 e. The summed E-state index contributed by atoms with van der Waals surface area (Å²) in [5, 5.41) is 12.0. The van der Waals surface area contributed by atoms with Gasteiger partial charge in [-0.05, 0) is 32.4 Å². The van der Waals surface area contributed by atoms with Gasteiger partial charge in [0.15, 0.2) is 11.4 Å². The number of aromatic nitrogens is 2. The third-order valence-electron chi connectivity index (χ3n) is 3.09. The van der Waals surface area contributed by atoms with Crippen LogP contribution in [0.15, 0.2) is 18.3 Å². The van der Waals surface area contributed by atoms with Crippen LogP contribution in [-0.4, -0.2) is 39.7 Å². The number of ether oxygens (including phenoxy) is 1. The van der Waals surface area contributed by atoms with Gasteiger partial charge in [0, 0.05) is 12.7 Å². The van der Waals surface area contributed by atoms with E-state index in [2.05, 4.69) is 10.3 Å². The second-order valence-electron chi connectivity index (χ2n) is 4.82.